The van der Waals surface area contributed by atoms with Crippen LogP contribution >= 0.6 is 55.1 Å². The van der Waals surface area contributed by atoms with Gasteiger partial charge in [-0.3, -0.25) is 0 Å². The number of nitrogens with two attached hydrogens (primary N) is 1. The normalized spacial score (nSPS) is 12.5. The van der Waals surface area contributed by atoms with Gasteiger partial charge in [0.25, 0.3) is 0 Å². The van der Waals surface area contributed by atoms with Crippen molar-refractivity contribution in [2.24, 2.45) is 5.73 Å². The van der Waals surface area contributed by atoms with Gasteiger partial charge in [-0.15, -0.1) is 0 Å². The number of hydrogen-bond acceptors (Lipinski definition) is 1. The largest absolute Gasteiger partial charge is 0.320 e. The van der Waals surface area contributed by atoms with E-state index in [1.54, 1.807) is 18.2 Å². The van der Waals surface area contributed by atoms with Crippen molar-refractivity contribution in [1.29, 1.82) is 0 Å². The molecule has 0 amide bonds. The molecule has 1 unspecified atom stereocenters. The van der Waals surface area contributed by atoms with Crippen molar-refractivity contribution < 1.29 is 4.39 Å². The second-order valence-electron chi connectivity index (χ2n) is 3.91. The monoisotopic (exact) mass is 425 g/mol. The van der Waals surface area contributed by atoms with Crippen molar-refractivity contribution >= 4 is 55.1 Å². The Bertz CT molecular complexity index is 634. The van der Waals surface area contributed by atoms with Crippen LogP contribution in [-0.4, -0.2) is 0 Å². The molecule has 0 radical (unpaired) electrons. The van der Waals surface area contributed by atoms with Crippen molar-refractivity contribution in [3.8, 4) is 0 Å². The lowest BCUT2D eigenvalue weighted by molar-refractivity contribution is 0.599. The van der Waals surface area contributed by atoms with E-state index in [-0.39, 0.29) is 0 Å². The van der Waals surface area contributed by atoms with Crippen LogP contribution in [0.1, 0.15) is 17.2 Å². The van der Waals surface area contributed by atoms with Gasteiger partial charge in [0.05, 0.1) is 16.1 Å². The zero-order valence-electron chi connectivity index (χ0n) is 9.43. The maximum atomic E-state index is 14.0. The quantitative estimate of drug-likeness (QED) is 0.611. The summed E-state index contributed by atoms with van der Waals surface area (Å²) in [5, 5.41) is 0.867. The molecule has 100 valence electrons. The van der Waals surface area contributed by atoms with Gasteiger partial charge in [0.2, 0.25) is 0 Å². The SMILES string of the molecule is NC(c1cc(Cl)c(Br)cc1F)c1cccc(Br)c1Cl. The first-order valence-electron chi connectivity index (χ1n) is 5.25. The van der Waals surface area contributed by atoms with Gasteiger partial charge in [-0.1, -0.05) is 35.3 Å². The Labute approximate surface area is 137 Å². The van der Waals surface area contributed by atoms with Crippen LogP contribution in [0.5, 0.6) is 0 Å². The molecule has 0 aliphatic rings. The van der Waals surface area contributed by atoms with Crippen molar-refractivity contribution in [2.75, 3.05) is 0 Å². The van der Waals surface area contributed by atoms with Crippen LogP contribution in [0.2, 0.25) is 10.0 Å². The molecule has 0 saturated heterocycles. The lowest BCUT2D eigenvalue weighted by Gasteiger charge is -2.16. The zero-order chi connectivity index (χ0) is 14.2. The van der Waals surface area contributed by atoms with E-state index < -0.39 is 11.9 Å². The highest BCUT2D eigenvalue weighted by atomic mass is 79.9. The zero-order valence-corrected chi connectivity index (χ0v) is 14.1. The highest BCUT2D eigenvalue weighted by molar-refractivity contribution is 9.10. The van der Waals surface area contributed by atoms with Crippen LogP contribution < -0.4 is 5.73 Å². The number of benzene rings is 2. The summed E-state index contributed by atoms with van der Waals surface area (Å²) in [5.41, 5.74) is 7.02. The first-order valence-corrected chi connectivity index (χ1v) is 7.60. The molecular weight excluding hydrogens is 420 g/mol. The number of rotatable bonds is 2. The van der Waals surface area contributed by atoms with Crippen LogP contribution in [0.4, 0.5) is 4.39 Å². The summed E-state index contributed by atoms with van der Waals surface area (Å²) in [7, 11) is 0. The molecule has 0 saturated carbocycles. The third-order valence-electron chi connectivity index (χ3n) is 2.69. The first kappa shape index (κ1) is 15.3. The fourth-order valence-electron chi connectivity index (χ4n) is 1.70. The van der Waals surface area contributed by atoms with Crippen LogP contribution in [0.15, 0.2) is 39.3 Å². The Kier molecular flexibility index (Phi) is 4.90. The van der Waals surface area contributed by atoms with Gasteiger partial charge in [-0.2, -0.15) is 0 Å². The summed E-state index contributed by atoms with van der Waals surface area (Å²) in [5.74, 6) is -0.431. The summed E-state index contributed by atoms with van der Waals surface area (Å²) < 4.78 is 15.2. The van der Waals surface area contributed by atoms with E-state index >= 15 is 0 Å². The number of hydrogen-bond donors (Lipinski definition) is 1. The van der Waals surface area contributed by atoms with Gasteiger partial charge < -0.3 is 5.73 Å². The summed E-state index contributed by atoms with van der Waals surface area (Å²) >= 11 is 18.6. The molecular formula is C13H8Br2Cl2FN. The molecule has 2 aromatic carbocycles. The topological polar surface area (TPSA) is 26.0 Å². The maximum Gasteiger partial charge on any atom is 0.129 e. The molecule has 1 atom stereocenters. The van der Waals surface area contributed by atoms with Crippen LogP contribution in [-0.2, 0) is 0 Å². The lowest BCUT2D eigenvalue weighted by atomic mass is 9.99. The molecule has 0 bridgehead atoms. The Balaban J connectivity index is 2.53. The minimum atomic E-state index is -0.685. The third kappa shape index (κ3) is 3.14. The Morgan fingerprint density at radius 1 is 1.05 bits per heavy atom. The maximum absolute atomic E-state index is 14.0. The highest BCUT2D eigenvalue weighted by Gasteiger charge is 2.19. The minimum absolute atomic E-state index is 0.299. The molecule has 2 N–H and O–H groups in total. The molecule has 2 aromatic rings. The summed E-state index contributed by atoms with van der Waals surface area (Å²) in [4.78, 5) is 0. The van der Waals surface area contributed by atoms with E-state index in [0.717, 1.165) is 0 Å². The summed E-state index contributed by atoms with van der Waals surface area (Å²) in [6.45, 7) is 0. The van der Waals surface area contributed by atoms with E-state index in [2.05, 4.69) is 31.9 Å². The Morgan fingerprint density at radius 2 is 1.74 bits per heavy atom. The van der Waals surface area contributed by atoms with Gasteiger partial charge in [0, 0.05) is 14.5 Å². The number of halogens is 5. The predicted octanol–water partition coefficient (Wildman–Crippen LogP) is 5.71. The minimum Gasteiger partial charge on any atom is -0.320 e. The molecule has 19 heavy (non-hydrogen) atoms. The van der Waals surface area contributed by atoms with Gasteiger partial charge >= 0.3 is 0 Å². The molecule has 0 aliphatic carbocycles. The fourth-order valence-corrected chi connectivity index (χ4v) is 2.82. The first-order chi connectivity index (χ1) is 8.91. The van der Waals surface area contributed by atoms with E-state index in [9.17, 15) is 4.39 Å². The standard InChI is InChI=1S/C13H8Br2Cl2FN/c14-8-3-1-2-6(12(8)17)13(19)7-4-10(16)9(15)5-11(7)18/h1-5,13H,19H2. The van der Waals surface area contributed by atoms with Crippen LogP contribution in [0, 0.1) is 5.82 Å². The van der Waals surface area contributed by atoms with Gasteiger partial charge in [-0.05, 0) is 55.6 Å². The van der Waals surface area contributed by atoms with Gasteiger partial charge in [0.1, 0.15) is 5.82 Å². The molecule has 0 heterocycles. The highest BCUT2D eigenvalue weighted by Crippen LogP contribution is 2.35. The van der Waals surface area contributed by atoms with E-state index in [4.69, 9.17) is 28.9 Å². The molecule has 6 heteroatoms. The van der Waals surface area contributed by atoms with E-state index in [0.29, 0.717) is 30.1 Å². The van der Waals surface area contributed by atoms with Crippen LogP contribution in [0.3, 0.4) is 0 Å². The molecule has 0 spiro atoms. The molecule has 0 aliphatic heterocycles. The summed E-state index contributed by atoms with van der Waals surface area (Å²) in [6, 6.07) is 7.46. The van der Waals surface area contributed by atoms with Crippen molar-refractivity contribution in [1.82, 2.24) is 0 Å². The third-order valence-corrected chi connectivity index (χ3v) is 5.20. The van der Waals surface area contributed by atoms with E-state index in [1.165, 1.54) is 12.1 Å². The van der Waals surface area contributed by atoms with Crippen molar-refractivity contribution in [3.63, 3.8) is 0 Å². The fraction of sp³-hybridized carbons (Fsp3) is 0.0769. The van der Waals surface area contributed by atoms with Crippen molar-refractivity contribution in [2.45, 2.75) is 6.04 Å². The average molecular weight is 428 g/mol. The predicted molar refractivity (Wildman–Crippen MR) is 84.3 cm³/mol. The average Bonchev–Trinajstić information content (AvgIpc) is 2.36. The summed E-state index contributed by atoms with van der Waals surface area (Å²) in [6.07, 6.45) is 0. The molecule has 2 rings (SSSR count). The van der Waals surface area contributed by atoms with Crippen LogP contribution in [0.25, 0.3) is 0 Å². The Morgan fingerprint density at radius 3 is 2.42 bits per heavy atom. The molecule has 0 fully saturated rings. The smallest absolute Gasteiger partial charge is 0.129 e. The van der Waals surface area contributed by atoms with E-state index in [1.807, 2.05) is 0 Å². The molecule has 1 nitrogen and oxygen atoms in total. The second-order valence-corrected chi connectivity index (χ2v) is 6.40. The van der Waals surface area contributed by atoms with Gasteiger partial charge in [0.15, 0.2) is 0 Å². The second kappa shape index (κ2) is 6.10. The lowest BCUT2D eigenvalue weighted by Crippen LogP contribution is -2.14. The van der Waals surface area contributed by atoms with Crippen molar-refractivity contribution in [3.05, 3.63) is 66.3 Å². The van der Waals surface area contributed by atoms with Gasteiger partial charge in [-0.25, -0.2) is 4.39 Å². The Hall–Kier alpha value is -0.130. The molecule has 0 aromatic heterocycles.